The van der Waals surface area contributed by atoms with Gasteiger partial charge in [-0.15, -0.1) is 11.3 Å². The Hall–Kier alpha value is -1.49. The van der Waals surface area contributed by atoms with Crippen molar-refractivity contribution in [2.45, 2.75) is 0 Å². The maximum Gasteiger partial charge on any atom is 0.345 e. The highest BCUT2D eigenvalue weighted by atomic mass is 32.1. The molecule has 0 saturated carbocycles. The Morgan fingerprint density at radius 3 is 3.08 bits per heavy atom. The van der Waals surface area contributed by atoms with Gasteiger partial charge in [-0.25, -0.2) is 14.8 Å². The summed E-state index contributed by atoms with van der Waals surface area (Å²) < 4.78 is 0. The van der Waals surface area contributed by atoms with Crippen molar-refractivity contribution < 1.29 is 9.90 Å². The zero-order valence-corrected chi connectivity index (χ0v) is 6.71. The van der Waals surface area contributed by atoms with Crippen LogP contribution in [-0.2, 0) is 0 Å². The molecule has 2 rings (SSSR count). The number of nitrogens with zero attached hydrogens (tertiary/aromatic N) is 2. The van der Waals surface area contributed by atoms with E-state index in [4.69, 9.17) is 5.11 Å². The molecule has 2 aromatic rings. The number of hydrogen-bond donors (Lipinski definition) is 1. The maximum absolute atomic E-state index is 10.5. The van der Waals surface area contributed by atoms with Gasteiger partial charge < -0.3 is 5.11 Å². The molecule has 5 heteroatoms. The molecule has 0 bridgehead atoms. The van der Waals surface area contributed by atoms with Crippen LogP contribution >= 0.6 is 11.3 Å². The second kappa shape index (κ2) is 2.53. The maximum atomic E-state index is 10.5. The first kappa shape index (κ1) is 7.17. The van der Waals surface area contributed by atoms with E-state index in [1.54, 1.807) is 12.3 Å². The van der Waals surface area contributed by atoms with E-state index in [2.05, 4.69) is 9.97 Å². The van der Waals surface area contributed by atoms with Gasteiger partial charge in [0.2, 0.25) is 0 Å². The Labute approximate surface area is 71.5 Å². The molecule has 60 valence electrons. The van der Waals surface area contributed by atoms with Crippen LogP contribution in [-0.4, -0.2) is 21.0 Å². The topological polar surface area (TPSA) is 63.1 Å². The van der Waals surface area contributed by atoms with Crippen LogP contribution in [0.1, 0.15) is 9.67 Å². The minimum atomic E-state index is -0.919. The number of thiophene rings is 1. The zero-order chi connectivity index (χ0) is 8.55. The quantitative estimate of drug-likeness (QED) is 0.720. The number of hydrogen-bond acceptors (Lipinski definition) is 4. The van der Waals surface area contributed by atoms with Crippen LogP contribution < -0.4 is 0 Å². The van der Waals surface area contributed by atoms with E-state index in [9.17, 15) is 4.79 Å². The Kier molecular flexibility index (Phi) is 1.51. The third-order valence-corrected chi connectivity index (χ3v) is 2.45. The van der Waals surface area contributed by atoms with Crippen molar-refractivity contribution in [3.05, 3.63) is 23.5 Å². The Morgan fingerprint density at radius 1 is 1.58 bits per heavy atom. The van der Waals surface area contributed by atoms with Gasteiger partial charge in [-0.2, -0.15) is 0 Å². The van der Waals surface area contributed by atoms with Crippen molar-refractivity contribution in [2.75, 3.05) is 0 Å². The molecule has 2 heterocycles. The SMILES string of the molecule is O=C(O)c1cc2cncnc2s1. The predicted molar refractivity (Wildman–Crippen MR) is 44.4 cm³/mol. The summed E-state index contributed by atoms with van der Waals surface area (Å²) in [6, 6.07) is 1.57. The second-order valence-corrected chi connectivity index (χ2v) is 3.23. The van der Waals surface area contributed by atoms with Gasteiger partial charge in [-0.05, 0) is 6.07 Å². The summed E-state index contributed by atoms with van der Waals surface area (Å²) in [5, 5.41) is 9.43. The molecule has 0 amide bonds. The lowest BCUT2D eigenvalue weighted by Gasteiger charge is -1.80. The van der Waals surface area contributed by atoms with Gasteiger partial charge in [0, 0.05) is 11.6 Å². The van der Waals surface area contributed by atoms with Crippen molar-refractivity contribution in [1.29, 1.82) is 0 Å². The van der Waals surface area contributed by atoms with E-state index in [1.165, 1.54) is 6.33 Å². The van der Waals surface area contributed by atoms with Crippen LogP contribution in [0.5, 0.6) is 0 Å². The van der Waals surface area contributed by atoms with E-state index in [-0.39, 0.29) is 0 Å². The fourth-order valence-corrected chi connectivity index (χ4v) is 1.70. The number of fused-ring (bicyclic) bond motifs is 1. The molecule has 2 aromatic heterocycles. The van der Waals surface area contributed by atoms with Gasteiger partial charge in [-0.1, -0.05) is 0 Å². The van der Waals surface area contributed by atoms with Crippen molar-refractivity contribution in [2.24, 2.45) is 0 Å². The number of aromatic carboxylic acids is 1. The highest BCUT2D eigenvalue weighted by molar-refractivity contribution is 7.20. The summed E-state index contributed by atoms with van der Waals surface area (Å²) in [5.41, 5.74) is 0. The summed E-state index contributed by atoms with van der Waals surface area (Å²) in [6.07, 6.45) is 3.01. The molecule has 0 fully saturated rings. The monoisotopic (exact) mass is 180 g/mol. The van der Waals surface area contributed by atoms with Gasteiger partial charge in [0.05, 0.1) is 0 Å². The lowest BCUT2D eigenvalue weighted by molar-refractivity contribution is 0.0702. The fourth-order valence-electron chi connectivity index (χ4n) is 0.894. The Balaban J connectivity index is 2.70. The molecular formula is C7H4N2O2S. The predicted octanol–water partition coefficient (Wildman–Crippen LogP) is 1.39. The van der Waals surface area contributed by atoms with Crippen LogP contribution in [0.3, 0.4) is 0 Å². The molecule has 0 aliphatic heterocycles. The first-order chi connectivity index (χ1) is 5.77. The molecule has 0 radical (unpaired) electrons. The van der Waals surface area contributed by atoms with Gasteiger partial charge in [0.25, 0.3) is 0 Å². The smallest absolute Gasteiger partial charge is 0.345 e. The molecule has 1 N–H and O–H groups in total. The largest absolute Gasteiger partial charge is 0.477 e. The molecule has 12 heavy (non-hydrogen) atoms. The number of carbonyl (C=O) groups is 1. The van der Waals surface area contributed by atoms with Crippen molar-refractivity contribution in [3.8, 4) is 0 Å². The van der Waals surface area contributed by atoms with Crippen LogP contribution in [0.15, 0.2) is 18.6 Å². The lowest BCUT2D eigenvalue weighted by Crippen LogP contribution is -1.89. The molecule has 0 aliphatic carbocycles. The molecule has 0 aromatic carbocycles. The first-order valence-corrected chi connectivity index (χ1v) is 4.02. The van der Waals surface area contributed by atoms with Gasteiger partial charge >= 0.3 is 5.97 Å². The van der Waals surface area contributed by atoms with Gasteiger partial charge in [0.1, 0.15) is 16.0 Å². The fraction of sp³-hybridized carbons (Fsp3) is 0. The summed E-state index contributed by atoms with van der Waals surface area (Å²) in [7, 11) is 0. The summed E-state index contributed by atoms with van der Waals surface area (Å²) in [6.45, 7) is 0. The van der Waals surface area contributed by atoms with Crippen molar-refractivity contribution >= 4 is 27.5 Å². The number of carboxylic acids is 1. The molecule has 0 aliphatic rings. The second-order valence-electron chi connectivity index (χ2n) is 2.20. The summed E-state index contributed by atoms with van der Waals surface area (Å²) in [4.78, 5) is 19.3. The molecule has 4 nitrogen and oxygen atoms in total. The van der Waals surface area contributed by atoms with Gasteiger partial charge in [0.15, 0.2) is 0 Å². The Bertz CT molecular complexity index is 405. The minimum absolute atomic E-state index is 0.297. The molecule has 0 atom stereocenters. The van der Waals surface area contributed by atoms with Crippen LogP contribution in [0.2, 0.25) is 0 Å². The minimum Gasteiger partial charge on any atom is -0.477 e. The number of rotatable bonds is 1. The van der Waals surface area contributed by atoms with E-state index < -0.39 is 5.97 Å². The average molecular weight is 180 g/mol. The highest BCUT2D eigenvalue weighted by Crippen LogP contribution is 2.21. The van der Waals surface area contributed by atoms with Crippen LogP contribution in [0.25, 0.3) is 10.2 Å². The first-order valence-electron chi connectivity index (χ1n) is 3.20. The van der Waals surface area contributed by atoms with Gasteiger partial charge in [-0.3, -0.25) is 0 Å². The van der Waals surface area contributed by atoms with E-state index in [0.717, 1.165) is 16.7 Å². The standard InChI is InChI=1S/C7H4N2O2S/c10-7(11)5-1-4-2-8-3-9-6(4)12-5/h1-3H,(H,10,11). The summed E-state index contributed by atoms with van der Waals surface area (Å²) in [5.74, 6) is -0.919. The third kappa shape index (κ3) is 1.04. The molecule has 0 unspecified atom stereocenters. The van der Waals surface area contributed by atoms with Crippen LogP contribution in [0.4, 0.5) is 0 Å². The average Bonchev–Trinajstić information content (AvgIpc) is 2.46. The van der Waals surface area contributed by atoms with E-state index in [1.807, 2.05) is 0 Å². The zero-order valence-electron chi connectivity index (χ0n) is 5.89. The lowest BCUT2D eigenvalue weighted by atomic mass is 10.4. The van der Waals surface area contributed by atoms with E-state index >= 15 is 0 Å². The van der Waals surface area contributed by atoms with E-state index in [0.29, 0.717) is 9.71 Å². The summed E-state index contributed by atoms with van der Waals surface area (Å²) >= 11 is 1.15. The molecule has 0 saturated heterocycles. The molecular weight excluding hydrogens is 176 g/mol. The van der Waals surface area contributed by atoms with Crippen LogP contribution in [0, 0.1) is 0 Å². The highest BCUT2D eigenvalue weighted by Gasteiger charge is 2.07. The third-order valence-electron chi connectivity index (χ3n) is 1.41. The number of carboxylic acid groups (broad SMARTS) is 1. The number of aromatic nitrogens is 2. The van der Waals surface area contributed by atoms with Crippen molar-refractivity contribution in [1.82, 2.24) is 9.97 Å². The molecule has 0 spiro atoms. The normalized spacial score (nSPS) is 10.3. The Morgan fingerprint density at radius 2 is 2.42 bits per heavy atom. The van der Waals surface area contributed by atoms with Crippen molar-refractivity contribution in [3.63, 3.8) is 0 Å².